The average Bonchev–Trinajstić information content (AvgIpc) is 2.81. The minimum atomic E-state index is -0.617. The number of carbonyl (C=O) groups is 1. The molecule has 0 radical (unpaired) electrons. The molecule has 1 aliphatic heterocycles. The maximum absolute atomic E-state index is 11.1. The van der Waals surface area contributed by atoms with Crippen molar-refractivity contribution in [3.8, 4) is 0 Å². The minimum Gasteiger partial charge on any atom is -0.467 e. The summed E-state index contributed by atoms with van der Waals surface area (Å²) in [6.45, 7) is 1.15. The quantitative estimate of drug-likeness (QED) is 0.845. The van der Waals surface area contributed by atoms with Gasteiger partial charge in [0.15, 0.2) is 0 Å². The summed E-state index contributed by atoms with van der Waals surface area (Å²) in [4.78, 5) is 13.2. The van der Waals surface area contributed by atoms with Crippen LogP contribution in [0, 0.1) is 0 Å². The third-order valence-electron chi connectivity index (χ3n) is 3.72. The van der Waals surface area contributed by atoms with Crippen LogP contribution in [0.2, 0.25) is 0 Å². The van der Waals surface area contributed by atoms with E-state index in [-0.39, 0.29) is 18.5 Å². The first kappa shape index (κ1) is 14.1. The number of likely N-dealkylation sites (tertiary alicyclic amines) is 1. The zero-order valence-electron chi connectivity index (χ0n) is 11.1. The van der Waals surface area contributed by atoms with Crippen LogP contribution in [0.5, 0.6) is 0 Å². The van der Waals surface area contributed by atoms with Crippen LogP contribution in [0.25, 0.3) is 0 Å². The lowest BCUT2D eigenvalue weighted by molar-refractivity contribution is -0.119. The van der Waals surface area contributed by atoms with Gasteiger partial charge in [-0.15, -0.1) is 0 Å². The van der Waals surface area contributed by atoms with Crippen molar-refractivity contribution in [1.82, 2.24) is 4.90 Å². The first-order chi connectivity index (χ1) is 9.16. The van der Waals surface area contributed by atoms with Crippen LogP contribution in [0.4, 0.5) is 0 Å². The van der Waals surface area contributed by atoms with Crippen LogP contribution in [-0.2, 0) is 4.79 Å². The molecule has 5 nitrogen and oxygen atoms in total. The normalized spacial score (nSPS) is 22.9. The number of rotatable bonds is 5. The molecule has 2 heterocycles. The zero-order chi connectivity index (χ0) is 13.7. The minimum absolute atomic E-state index is 0.190. The molecule has 1 saturated heterocycles. The molecule has 2 atom stereocenters. The van der Waals surface area contributed by atoms with Gasteiger partial charge in [0.1, 0.15) is 11.9 Å². The fourth-order valence-electron chi connectivity index (χ4n) is 2.77. The highest BCUT2D eigenvalue weighted by molar-refractivity contribution is 5.75. The SMILES string of the molecule is NC(=O)CN1CCCCCC1CC(O)c1ccco1. The van der Waals surface area contributed by atoms with Gasteiger partial charge in [0.05, 0.1) is 12.8 Å². The number of hydrogen-bond acceptors (Lipinski definition) is 4. The Morgan fingerprint density at radius 1 is 1.53 bits per heavy atom. The van der Waals surface area contributed by atoms with E-state index in [9.17, 15) is 9.90 Å². The number of primary amides is 1. The number of aliphatic hydroxyl groups excluding tert-OH is 1. The largest absolute Gasteiger partial charge is 0.467 e. The van der Waals surface area contributed by atoms with E-state index in [1.807, 2.05) is 0 Å². The van der Waals surface area contributed by atoms with Crippen LogP contribution < -0.4 is 5.73 Å². The lowest BCUT2D eigenvalue weighted by Gasteiger charge is -2.29. The molecule has 3 N–H and O–H groups in total. The summed E-state index contributed by atoms with van der Waals surface area (Å²) in [6, 6.07) is 3.74. The van der Waals surface area contributed by atoms with Crippen LogP contribution in [0.1, 0.15) is 44.0 Å². The highest BCUT2D eigenvalue weighted by Gasteiger charge is 2.25. The third-order valence-corrected chi connectivity index (χ3v) is 3.72. The Balaban J connectivity index is 1.99. The predicted molar refractivity (Wildman–Crippen MR) is 71.3 cm³/mol. The predicted octanol–water partition coefficient (Wildman–Crippen LogP) is 1.43. The van der Waals surface area contributed by atoms with Gasteiger partial charge in [-0.3, -0.25) is 9.69 Å². The second-order valence-corrected chi connectivity index (χ2v) is 5.21. The fraction of sp³-hybridized carbons (Fsp3) is 0.643. The van der Waals surface area contributed by atoms with Crippen molar-refractivity contribution in [1.29, 1.82) is 0 Å². The standard InChI is InChI=1S/C14H22N2O3/c15-14(18)10-16-7-3-1-2-5-11(16)9-12(17)13-6-4-8-19-13/h4,6,8,11-12,17H,1-3,5,7,9-10H2,(H2,15,18). The smallest absolute Gasteiger partial charge is 0.231 e. The van der Waals surface area contributed by atoms with Gasteiger partial charge in [0.2, 0.25) is 5.91 Å². The molecular formula is C14H22N2O3. The Bertz CT molecular complexity index is 391. The van der Waals surface area contributed by atoms with E-state index in [1.165, 1.54) is 6.42 Å². The van der Waals surface area contributed by atoms with Crippen LogP contribution >= 0.6 is 0 Å². The van der Waals surface area contributed by atoms with Crippen molar-refractivity contribution in [2.45, 2.75) is 44.2 Å². The zero-order valence-corrected chi connectivity index (χ0v) is 11.1. The lowest BCUT2D eigenvalue weighted by atomic mass is 10.0. The molecule has 106 valence electrons. The molecule has 0 bridgehead atoms. The maximum atomic E-state index is 11.1. The molecule has 1 amide bonds. The van der Waals surface area contributed by atoms with Gasteiger partial charge in [-0.05, 0) is 37.9 Å². The van der Waals surface area contributed by atoms with Crippen molar-refractivity contribution < 1.29 is 14.3 Å². The summed E-state index contributed by atoms with van der Waals surface area (Å²) in [7, 11) is 0. The molecule has 1 aromatic heterocycles. The van der Waals surface area contributed by atoms with E-state index in [0.717, 1.165) is 25.8 Å². The van der Waals surface area contributed by atoms with E-state index in [1.54, 1.807) is 18.4 Å². The summed E-state index contributed by atoms with van der Waals surface area (Å²) in [5.74, 6) is 0.280. The van der Waals surface area contributed by atoms with Crippen LogP contribution in [0.15, 0.2) is 22.8 Å². The molecule has 2 rings (SSSR count). The number of furan rings is 1. The Morgan fingerprint density at radius 3 is 3.05 bits per heavy atom. The molecule has 0 aromatic carbocycles. The molecule has 5 heteroatoms. The van der Waals surface area contributed by atoms with E-state index in [4.69, 9.17) is 10.2 Å². The van der Waals surface area contributed by atoms with Crippen molar-refractivity contribution >= 4 is 5.91 Å². The number of carbonyl (C=O) groups excluding carboxylic acids is 1. The van der Waals surface area contributed by atoms with Crippen LogP contribution in [0.3, 0.4) is 0 Å². The molecule has 0 saturated carbocycles. The Morgan fingerprint density at radius 2 is 2.37 bits per heavy atom. The summed E-state index contributed by atoms with van der Waals surface area (Å²) in [6.07, 6.45) is 5.90. The molecular weight excluding hydrogens is 244 g/mol. The number of amides is 1. The van der Waals surface area contributed by atoms with Crippen molar-refractivity contribution in [3.63, 3.8) is 0 Å². The molecule has 19 heavy (non-hydrogen) atoms. The molecule has 0 aliphatic carbocycles. The number of nitrogens with two attached hydrogens (primary N) is 1. The number of aliphatic hydroxyl groups is 1. The summed E-state index contributed by atoms with van der Waals surface area (Å²) >= 11 is 0. The van der Waals surface area contributed by atoms with Crippen molar-refractivity contribution in [2.24, 2.45) is 5.73 Å². The molecule has 1 aromatic rings. The van der Waals surface area contributed by atoms with E-state index in [0.29, 0.717) is 12.2 Å². The van der Waals surface area contributed by atoms with Crippen LogP contribution in [-0.4, -0.2) is 35.0 Å². The number of hydrogen-bond donors (Lipinski definition) is 2. The average molecular weight is 266 g/mol. The molecule has 1 aliphatic rings. The maximum Gasteiger partial charge on any atom is 0.231 e. The van der Waals surface area contributed by atoms with Gasteiger partial charge in [-0.1, -0.05) is 12.8 Å². The molecule has 0 spiro atoms. The summed E-state index contributed by atoms with van der Waals surface area (Å²) in [5, 5.41) is 10.2. The number of nitrogens with zero attached hydrogens (tertiary/aromatic N) is 1. The van der Waals surface area contributed by atoms with Gasteiger partial charge in [-0.25, -0.2) is 0 Å². The van der Waals surface area contributed by atoms with Gasteiger partial charge >= 0.3 is 0 Å². The van der Waals surface area contributed by atoms with Gasteiger partial charge in [0.25, 0.3) is 0 Å². The van der Waals surface area contributed by atoms with Gasteiger partial charge in [-0.2, -0.15) is 0 Å². The highest BCUT2D eigenvalue weighted by Crippen LogP contribution is 2.26. The first-order valence-electron chi connectivity index (χ1n) is 6.90. The van der Waals surface area contributed by atoms with Gasteiger partial charge < -0.3 is 15.3 Å². The molecule has 2 unspecified atom stereocenters. The summed E-state index contributed by atoms with van der Waals surface area (Å²) in [5.41, 5.74) is 5.30. The van der Waals surface area contributed by atoms with Crippen molar-refractivity contribution in [3.05, 3.63) is 24.2 Å². The van der Waals surface area contributed by atoms with Gasteiger partial charge in [0, 0.05) is 6.04 Å². The summed E-state index contributed by atoms with van der Waals surface area (Å²) < 4.78 is 5.22. The third kappa shape index (κ3) is 4.08. The molecule has 1 fully saturated rings. The Hall–Kier alpha value is -1.33. The van der Waals surface area contributed by atoms with E-state index in [2.05, 4.69) is 4.90 Å². The Kier molecular flexibility index (Phi) is 4.99. The second kappa shape index (κ2) is 6.73. The second-order valence-electron chi connectivity index (χ2n) is 5.21. The fourth-order valence-corrected chi connectivity index (χ4v) is 2.77. The first-order valence-corrected chi connectivity index (χ1v) is 6.90. The van der Waals surface area contributed by atoms with E-state index >= 15 is 0 Å². The van der Waals surface area contributed by atoms with Crippen molar-refractivity contribution in [2.75, 3.05) is 13.1 Å². The lowest BCUT2D eigenvalue weighted by Crippen LogP contribution is -2.41. The highest BCUT2D eigenvalue weighted by atomic mass is 16.4. The monoisotopic (exact) mass is 266 g/mol. The Labute approximate surface area is 113 Å². The topological polar surface area (TPSA) is 79.7 Å². The van der Waals surface area contributed by atoms with E-state index < -0.39 is 6.10 Å².